The summed E-state index contributed by atoms with van der Waals surface area (Å²) in [6.45, 7) is 1.03. The van der Waals surface area contributed by atoms with Gasteiger partial charge in [0.25, 0.3) is 10.0 Å². The van der Waals surface area contributed by atoms with E-state index in [0.29, 0.717) is 18.8 Å². The zero-order valence-corrected chi connectivity index (χ0v) is 13.0. The Hall–Kier alpha value is -1.79. The Labute approximate surface area is 128 Å². The normalized spacial score (nSPS) is 15.0. The number of rotatable bonds is 2. The van der Waals surface area contributed by atoms with Gasteiger partial charge in [-0.1, -0.05) is 23.7 Å². The lowest BCUT2D eigenvalue weighted by Crippen LogP contribution is -2.42. The summed E-state index contributed by atoms with van der Waals surface area (Å²) in [6.07, 6.45) is 1.40. The van der Waals surface area contributed by atoms with E-state index in [2.05, 4.69) is 4.98 Å². The van der Waals surface area contributed by atoms with Gasteiger partial charge in [0.1, 0.15) is 5.15 Å². The minimum atomic E-state index is -3.64. The Kier molecular flexibility index (Phi) is 3.51. The number of fused-ring (bicyclic) bond motifs is 1. The molecule has 2 heterocycles. The fourth-order valence-electron chi connectivity index (χ4n) is 2.40. The maximum absolute atomic E-state index is 12.8. The number of pyridine rings is 1. The molecule has 5 nitrogen and oxygen atoms in total. The fourth-order valence-corrected chi connectivity index (χ4v) is 4.12. The Bertz CT molecular complexity index is 779. The van der Waals surface area contributed by atoms with Crippen molar-refractivity contribution in [1.82, 2.24) is 4.98 Å². The van der Waals surface area contributed by atoms with Crippen molar-refractivity contribution >= 4 is 33.0 Å². The van der Waals surface area contributed by atoms with Gasteiger partial charge in [-0.05, 0) is 24.3 Å². The van der Waals surface area contributed by atoms with E-state index < -0.39 is 10.0 Å². The number of aromatic nitrogens is 1. The molecular formula is C14H14ClN3O2S. The second-order valence-electron chi connectivity index (χ2n) is 4.80. The maximum Gasteiger partial charge on any atom is 0.264 e. The highest BCUT2D eigenvalue weighted by molar-refractivity contribution is 7.92. The van der Waals surface area contributed by atoms with Crippen molar-refractivity contribution in [2.75, 3.05) is 29.3 Å². The zero-order chi connectivity index (χ0) is 15.0. The lowest BCUT2D eigenvalue weighted by molar-refractivity contribution is 0.589. The van der Waals surface area contributed by atoms with Gasteiger partial charge in [0.2, 0.25) is 0 Å². The Morgan fingerprint density at radius 1 is 1.14 bits per heavy atom. The van der Waals surface area contributed by atoms with Gasteiger partial charge < -0.3 is 4.90 Å². The summed E-state index contributed by atoms with van der Waals surface area (Å²) in [5.74, 6) is 0. The van der Waals surface area contributed by atoms with Crippen LogP contribution in [0.15, 0.2) is 47.5 Å². The number of para-hydroxylation sites is 2. The molecule has 0 radical (unpaired) electrons. The van der Waals surface area contributed by atoms with Gasteiger partial charge in [-0.25, -0.2) is 13.4 Å². The van der Waals surface area contributed by atoms with E-state index in [1.807, 2.05) is 36.2 Å². The molecule has 0 amide bonds. The molecular weight excluding hydrogens is 310 g/mol. The molecule has 0 aliphatic carbocycles. The second kappa shape index (κ2) is 5.20. The molecule has 0 saturated heterocycles. The van der Waals surface area contributed by atoms with Crippen molar-refractivity contribution in [2.45, 2.75) is 4.90 Å². The number of nitrogens with zero attached hydrogens (tertiary/aromatic N) is 3. The molecule has 0 atom stereocenters. The Morgan fingerprint density at radius 2 is 1.86 bits per heavy atom. The van der Waals surface area contributed by atoms with E-state index in [-0.39, 0.29) is 10.0 Å². The van der Waals surface area contributed by atoms with Gasteiger partial charge in [0.15, 0.2) is 0 Å². The summed E-state index contributed by atoms with van der Waals surface area (Å²) < 4.78 is 27.1. The lowest BCUT2D eigenvalue weighted by atomic mass is 10.2. The average molecular weight is 324 g/mol. The number of benzene rings is 1. The first-order chi connectivity index (χ1) is 10.00. The first-order valence-electron chi connectivity index (χ1n) is 6.44. The second-order valence-corrected chi connectivity index (χ2v) is 7.05. The van der Waals surface area contributed by atoms with Crippen molar-refractivity contribution in [1.29, 1.82) is 0 Å². The molecule has 0 saturated carbocycles. The van der Waals surface area contributed by atoms with Gasteiger partial charge in [0, 0.05) is 19.8 Å². The SMILES string of the molecule is CN1CCN(S(=O)(=O)c2ccnc(Cl)c2)c2ccccc21. The van der Waals surface area contributed by atoms with Crippen molar-refractivity contribution < 1.29 is 8.42 Å². The monoisotopic (exact) mass is 323 g/mol. The summed E-state index contributed by atoms with van der Waals surface area (Å²) in [7, 11) is -1.69. The number of hydrogen-bond donors (Lipinski definition) is 0. The third-order valence-electron chi connectivity index (χ3n) is 3.49. The number of anilines is 2. The van der Waals surface area contributed by atoms with Crippen molar-refractivity contribution in [3.63, 3.8) is 0 Å². The minimum absolute atomic E-state index is 0.154. The van der Waals surface area contributed by atoms with Crippen LogP contribution >= 0.6 is 11.6 Å². The van der Waals surface area contributed by atoms with Crippen LogP contribution in [0.3, 0.4) is 0 Å². The van der Waals surface area contributed by atoms with Gasteiger partial charge in [-0.3, -0.25) is 4.31 Å². The Morgan fingerprint density at radius 3 is 2.57 bits per heavy atom. The molecule has 0 unspecified atom stereocenters. The van der Waals surface area contributed by atoms with Crippen molar-refractivity contribution in [3.05, 3.63) is 47.7 Å². The lowest BCUT2D eigenvalue weighted by Gasteiger charge is -2.36. The molecule has 2 aromatic rings. The summed E-state index contributed by atoms with van der Waals surface area (Å²) in [5.41, 5.74) is 1.58. The van der Waals surface area contributed by atoms with E-state index in [4.69, 9.17) is 11.6 Å². The molecule has 0 N–H and O–H groups in total. The van der Waals surface area contributed by atoms with Crippen LogP contribution in [0.2, 0.25) is 5.15 Å². The highest BCUT2D eigenvalue weighted by atomic mass is 35.5. The Balaban J connectivity index is 2.11. The average Bonchev–Trinajstić information content (AvgIpc) is 2.47. The molecule has 110 valence electrons. The van der Waals surface area contributed by atoms with Crippen molar-refractivity contribution in [3.8, 4) is 0 Å². The predicted octanol–water partition coefficient (Wildman–Crippen LogP) is 2.38. The summed E-state index contributed by atoms with van der Waals surface area (Å²) >= 11 is 5.81. The molecule has 1 aliphatic heterocycles. The first kappa shape index (κ1) is 14.2. The standard InChI is InChI=1S/C14H14ClN3O2S/c1-17-8-9-18(13-5-3-2-4-12(13)17)21(19,20)11-6-7-16-14(15)10-11/h2-7,10H,8-9H2,1H3. The summed E-state index contributed by atoms with van der Waals surface area (Å²) in [6, 6.07) is 10.3. The van der Waals surface area contributed by atoms with Gasteiger partial charge in [-0.2, -0.15) is 0 Å². The third kappa shape index (κ3) is 2.45. The molecule has 1 aromatic carbocycles. The number of hydrogen-bond acceptors (Lipinski definition) is 4. The van der Waals surface area contributed by atoms with Crippen LogP contribution in [-0.2, 0) is 10.0 Å². The topological polar surface area (TPSA) is 53.5 Å². The van der Waals surface area contributed by atoms with Crippen molar-refractivity contribution in [2.24, 2.45) is 0 Å². The van der Waals surface area contributed by atoms with Crippen LogP contribution in [0, 0.1) is 0 Å². The van der Waals surface area contributed by atoms with Crippen LogP contribution < -0.4 is 9.21 Å². The van der Waals surface area contributed by atoms with Crippen LogP contribution in [-0.4, -0.2) is 33.5 Å². The van der Waals surface area contributed by atoms with Gasteiger partial charge >= 0.3 is 0 Å². The highest BCUT2D eigenvalue weighted by Gasteiger charge is 2.30. The zero-order valence-electron chi connectivity index (χ0n) is 11.4. The molecule has 1 aromatic heterocycles. The number of halogens is 1. The molecule has 0 bridgehead atoms. The van der Waals surface area contributed by atoms with E-state index >= 15 is 0 Å². The molecule has 21 heavy (non-hydrogen) atoms. The van der Waals surface area contributed by atoms with E-state index in [9.17, 15) is 8.42 Å². The van der Waals surface area contributed by atoms with Crippen LogP contribution in [0.1, 0.15) is 0 Å². The summed E-state index contributed by atoms with van der Waals surface area (Å²) in [4.78, 5) is 6.03. The van der Waals surface area contributed by atoms with Crippen LogP contribution in [0.5, 0.6) is 0 Å². The molecule has 1 aliphatic rings. The molecule has 0 spiro atoms. The number of sulfonamides is 1. The highest BCUT2D eigenvalue weighted by Crippen LogP contribution is 2.35. The molecule has 3 rings (SSSR count). The maximum atomic E-state index is 12.8. The largest absolute Gasteiger partial charge is 0.371 e. The van der Waals surface area contributed by atoms with Crippen LogP contribution in [0.25, 0.3) is 0 Å². The smallest absolute Gasteiger partial charge is 0.264 e. The predicted molar refractivity (Wildman–Crippen MR) is 83.5 cm³/mol. The van der Waals surface area contributed by atoms with E-state index in [1.54, 1.807) is 0 Å². The van der Waals surface area contributed by atoms with E-state index in [0.717, 1.165) is 5.69 Å². The fraction of sp³-hybridized carbons (Fsp3) is 0.214. The van der Waals surface area contributed by atoms with Gasteiger partial charge in [0.05, 0.1) is 22.8 Å². The van der Waals surface area contributed by atoms with Crippen LogP contribution in [0.4, 0.5) is 11.4 Å². The number of likely N-dealkylation sites (N-methyl/N-ethyl adjacent to an activating group) is 1. The first-order valence-corrected chi connectivity index (χ1v) is 8.26. The van der Waals surface area contributed by atoms with E-state index in [1.165, 1.54) is 22.6 Å². The van der Waals surface area contributed by atoms with Gasteiger partial charge in [-0.15, -0.1) is 0 Å². The minimum Gasteiger partial charge on any atom is -0.371 e. The summed E-state index contributed by atoms with van der Waals surface area (Å²) in [5, 5.41) is 0.165. The quantitative estimate of drug-likeness (QED) is 0.796. The molecule has 7 heteroatoms. The third-order valence-corrected chi connectivity index (χ3v) is 5.50. The molecule has 0 fully saturated rings.